The zero-order valence-corrected chi connectivity index (χ0v) is 28.4. The number of nitrogens with one attached hydrogen (secondary N) is 2. The summed E-state index contributed by atoms with van der Waals surface area (Å²) in [5.74, 6) is -1.80. The van der Waals surface area contributed by atoms with Crippen LogP contribution in [0.15, 0.2) is 42.6 Å². The van der Waals surface area contributed by atoms with Crippen LogP contribution < -0.4 is 31.9 Å². The Morgan fingerprint density at radius 1 is 0.960 bits per heavy atom. The molecule has 50 heavy (non-hydrogen) atoms. The van der Waals surface area contributed by atoms with Crippen LogP contribution in [0.25, 0.3) is 0 Å². The normalized spacial score (nSPS) is 19.6. The smallest absolute Gasteiger partial charge is 0.410 e. The van der Waals surface area contributed by atoms with Crippen molar-refractivity contribution in [2.75, 3.05) is 47.8 Å². The first-order valence-electron chi connectivity index (χ1n) is 16.9. The van der Waals surface area contributed by atoms with E-state index in [4.69, 9.17) is 16.2 Å². The standard InChI is InChI=1S/C35H43F2N9O4/c1-35(2,3)50-34(49)45-15-13-44(14-16-45)27-11-9-22(18-25(27)37)41-32-29(31(39)47)40-19-28(43-32)46-12-4-5-26(30(46)38)42-33(48)23-10-8-21(17-24(23)36)20-6-7-20/h8-11,17-20,26,30H,4-7,12-16,38H2,1-3H3,(H2,39,47)(H,41,43)(H,42,48)/t26-,30+/m1/s1. The van der Waals surface area contributed by atoms with Crippen LogP contribution in [0.1, 0.15) is 78.8 Å². The maximum atomic E-state index is 15.5. The van der Waals surface area contributed by atoms with E-state index in [1.807, 2.05) is 4.90 Å². The van der Waals surface area contributed by atoms with Crippen LogP contribution in [-0.2, 0) is 4.74 Å². The maximum absolute atomic E-state index is 15.5. The first kappa shape index (κ1) is 34.8. The molecule has 0 unspecified atom stereocenters. The summed E-state index contributed by atoms with van der Waals surface area (Å²) in [6, 6.07) is 8.74. The van der Waals surface area contributed by atoms with E-state index in [0.29, 0.717) is 68.7 Å². The van der Waals surface area contributed by atoms with E-state index in [-0.39, 0.29) is 17.1 Å². The Labute approximate surface area is 289 Å². The second kappa shape index (κ2) is 14.1. The molecule has 13 nitrogen and oxygen atoms in total. The molecule has 3 fully saturated rings. The first-order valence-corrected chi connectivity index (χ1v) is 16.9. The number of carbonyl (C=O) groups excluding carboxylic acids is 3. The lowest BCUT2D eigenvalue weighted by molar-refractivity contribution is 0.0240. The van der Waals surface area contributed by atoms with Crippen molar-refractivity contribution in [3.05, 3.63) is 71.1 Å². The number of carbonyl (C=O) groups is 3. The van der Waals surface area contributed by atoms with E-state index >= 15 is 4.39 Å². The summed E-state index contributed by atoms with van der Waals surface area (Å²) < 4.78 is 35.7. The fraction of sp³-hybridized carbons (Fsp3) is 0.457. The summed E-state index contributed by atoms with van der Waals surface area (Å²) in [6.07, 6.45) is 3.48. The topological polar surface area (TPSA) is 172 Å². The summed E-state index contributed by atoms with van der Waals surface area (Å²) in [5, 5.41) is 5.84. The molecule has 266 valence electrons. The van der Waals surface area contributed by atoms with E-state index in [1.54, 1.807) is 48.8 Å². The van der Waals surface area contributed by atoms with Crippen molar-refractivity contribution in [1.82, 2.24) is 20.2 Å². The van der Waals surface area contributed by atoms with E-state index in [1.165, 1.54) is 24.4 Å². The fourth-order valence-corrected chi connectivity index (χ4v) is 6.30. The van der Waals surface area contributed by atoms with Gasteiger partial charge in [-0.05, 0) is 88.3 Å². The molecule has 2 aliphatic heterocycles. The van der Waals surface area contributed by atoms with Crippen LogP contribution in [0.4, 0.5) is 36.6 Å². The van der Waals surface area contributed by atoms with Gasteiger partial charge in [-0.15, -0.1) is 0 Å². The SMILES string of the molecule is CC(C)(C)OC(=O)N1CCN(c2ccc(Nc3nc(N4CCC[C@@H](NC(=O)c5ccc(C6CC6)cc5F)[C@H]4N)cnc3C(N)=O)cc2F)CC1. The zero-order valence-electron chi connectivity index (χ0n) is 28.4. The van der Waals surface area contributed by atoms with Gasteiger partial charge in [0.1, 0.15) is 17.2 Å². The highest BCUT2D eigenvalue weighted by atomic mass is 19.1. The van der Waals surface area contributed by atoms with Gasteiger partial charge in [-0.2, -0.15) is 0 Å². The van der Waals surface area contributed by atoms with Crippen LogP contribution in [-0.4, -0.2) is 83.3 Å². The van der Waals surface area contributed by atoms with E-state index in [9.17, 15) is 18.8 Å². The number of hydrogen-bond acceptors (Lipinski definition) is 10. The molecule has 1 aromatic heterocycles. The number of aromatic nitrogens is 2. The molecule has 2 saturated heterocycles. The van der Waals surface area contributed by atoms with E-state index < -0.39 is 47.4 Å². The Balaban J connectivity index is 1.13. The van der Waals surface area contributed by atoms with Crippen LogP contribution in [0.2, 0.25) is 0 Å². The number of rotatable bonds is 8. The number of anilines is 4. The van der Waals surface area contributed by atoms with Crippen molar-refractivity contribution in [3.63, 3.8) is 0 Å². The van der Waals surface area contributed by atoms with E-state index in [2.05, 4.69) is 20.6 Å². The fourth-order valence-electron chi connectivity index (χ4n) is 6.30. The lowest BCUT2D eigenvalue weighted by Gasteiger charge is -2.40. The number of nitrogens with zero attached hydrogens (tertiary/aromatic N) is 5. The molecule has 1 aliphatic carbocycles. The number of nitrogens with two attached hydrogens (primary N) is 2. The lowest BCUT2D eigenvalue weighted by atomic mass is 10.0. The van der Waals surface area contributed by atoms with Gasteiger partial charge >= 0.3 is 6.09 Å². The number of primary amides is 1. The average Bonchev–Trinajstić information content (AvgIpc) is 3.91. The van der Waals surface area contributed by atoms with Crippen molar-refractivity contribution in [2.45, 2.75) is 70.2 Å². The summed E-state index contributed by atoms with van der Waals surface area (Å²) in [7, 11) is 0. The molecule has 3 aromatic rings. The minimum atomic E-state index is -0.839. The average molecular weight is 692 g/mol. The number of piperazine rings is 1. The monoisotopic (exact) mass is 691 g/mol. The molecule has 0 bridgehead atoms. The molecule has 3 aliphatic rings. The number of piperidine rings is 1. The minimum Gasteiger partial charge on any atom is -0.444 e. The van der Waals surface area contributed by atoms with Crippen LogP contribution >= 0.6 is 0 Å². The Bertz CT molecular complexity index is 1770. The summed E-state index contributed by atoms with van der Waals surface area (Å²) in [4.78, 5) is 51.8. The molecule has 6 rings (SSSR count). The molecule has 0 spiro atoms. The van der Waals surface area contributed by atoms with Crippen molar-refractivity contribution < 1.29 is 27.9 Å². The molecular weight excluding hydrogens is 648 g/mol. The lowest BCUT2D eigenvalue weighted by Crippen LogP contribution is -2.60. The van der Waals surface area contributed by atoms with Gasteiger partial charge in [0.05, 0.1) is 29.7 Å². The number of benzene rings is 2. The highest BCUT2D eigenvalue weighted by molar-refractivity contribution is 5.96. The van der Waals surface area contributed by atoms with Gasteiger partial charge in [-0.25, -0.2) is 23.5 Å². The summed E-state index contributed by atoms with van der Waals surface area (Å²) >= 11 is 0. The van der Waals surface area contributed by atoms with Gasteiger partial charge < -0.3 is 41.5 Å². The Morgan fingerprint density at radius 2 is 1.70 bits per heavy atom. The second-order valence-corrected chi connectivity index (χ2v) is 14.0. The van der Waals surface area contributed by atoms with Gasteiger partial charge in [0, 0.05) is 38.4 Å². The number of amides is 3. The first-order chi connectivity index (χ1) is 23.8. The van der Waals surface area contributed by atoms with Gasteiger partial charge in [0.25, 0.3) is 11.8 Å². The Hall–Kier alpha value is -5.05. The highest BCUT2D eigenvalue weighted by Gasteiger charge is 2.33. The minimum absolute atomic E-state index is 0.00399. The Kier molecular flexibility index (Phi) is 9.78. The molecule has 15 heteroatoms. The molecular formula is C35H43F2N9O4. The van der Waals surface area contributed by atoms with Crippen molar-refractivity contribution >= 4 is 40.9 Å². The molecule has 0 radical (unpaired) electrons. The van der Waals surface area contributed by atoms with E-state index in [0.717, 1.165) is 18.4 Å². The predicted octanol–water partition coefficient (Wildman–Crippen LogP) is 4.22. The number of halogens is 2. The van der Waals surface area contributed by atoms with Crippen molar-refractivity contribution in [3.8, 4) is 0 Å². The molecule has 1 saturated carbocycles. The largest absolute Gasteiger partial charge is 0.444 e. The Morgan fingerprint density at radius 3 is 2.34 bits per heavy atom. The summed E-state index contributed by atoms with van der Waals surface area (Å²) in [6.45, 7) is 7.49. The highest BCUT2D eigenvalue weighted by Crippen LogP contribution is 2.40. The molecule has 2 aromatic carbocycles. The molecule has 6 N–H and O–H groups in total. The third kappa shape index (κ3) is 7.88. The van der Waals surface area contributed by atoms with Crippen LogP contribution in [0, 0.1) is 11.6 Å². The van der Waals surface area contributed by atoms with Crippen molar-refractivity contribution in [1.29, 1.82) is 0 Å². The molecule has 3 amide bonds. The maximum Gasteiger partial charge on any atom is 0.410 e. The summed E-state index contributed by atoms with van der Waals surface area (Å²) in [5.41, 5.74) is 13.0. The van der Waals surface area contributed by atoms with Crippen molar-refractivity contribution in [2.24, 2.45) is 11.5 Å². The number of hydrogen-bond donors (Lipinski definition) is 4. The van der Waals surface area contributed by atoms with Gasteiger partial charge in [0.15, 0.2) is 17.3 Å². The second-order valence-electron chi connectivity index (χ2n) is 14.0. The van der Waals surface area contributed by atoms with Crippen LogP contribution in [0.3, 0.4) is 0 Å². The van der Waals surface area contributed by atoms with Gasteiger partial charge in [-0.3, -0.25) is 9.59 Å². The predicted molar refractivity (Wildman–Crippen MR) is 184 cm³/mol. The third-order valence-electron chi connectivity index (χ3n) is 9.06. The quantitative estimate of drug-likeness (QED) is 0.268. The van der Waals surface area contributed by atoms with Crippen LogP contribution in [0.5, 0.6) is 0 Å². The zero-order chi connectivity index (χ0) is 35.7. The molecule has 3 heterocycles. The molecule has 2 atom stereocenters. The third-order valence-corrected chi connectivity index (χ3v) is 9.06. The number of ether oxygens (including phenoxy) is 1. The van der Waals surface area contributed by atoms with Gasteiger partial charge in [-0.1, -0.05) is 6.07 Å². The van der Waals surface area contributed by atoms with Gasteiger partial charge in [0.2, 0.25) is 0 Å².